The summed E-state index contributed by atoms with van der Waals surface area (Å²) < 4.78 is 11.8. The van der Waals surface area contributed by atoms with Crippen LogP contribution >= 0.6 is 0 Å². The van der Waals surface area contributed by atoms with Crippen LogP contribution in [0.5, 0.6) is 17.5 Å². The maximum absolute atomic E-state index is 10.8. The molecule has 1 aromatic heterocycles. The molecule has 0 atom stereocenters. The first kappa shape index (κ1) is 11.8. The zero-order valence-electron chi connectivity index (χ0n) is 9.69. The van der Waals surface area contributed by atoms with Gasteiger partial charge in [0.1, 0.15) is 0 Å². The van der Waals surface area contributed by atoms with Crippen molar-refractivity contribution >= 4 is 5.97 Å². The maximum atomic E-state index is 10.8. The Kier molecular flexibility index (Phi) is 3.09. The second-order valence-electron chi connectivity index (χ2n) is 3.36. The Morgan fingerprint density at radius 1 is 1.39 bits per heavy atom. The Labute approximate surface area is 102 Å². The summed E-state index contributed by atoms with van der Waals surface area (Å²) in [6.07, 6.45) is 0. The number of rotatable bonds is 4. The average molecular weight is 250 g/mol. The van der Waals surface area contributed by atoms with E-state index in [0.717, 1.165) is 0 Å². The lowest BCUT2D eigenvalue weighted by Crippen LogP contribution is -2.00. The van der Waals surface area contributed by atoms with Crippen molar-refractivity contribution in [3.63, 3.8) is 0 Å². The Morgan fingerprint density at radius 3 is 2.72 bits per heavy atom. The molecule has 0 fully saturated rings. The molecule has 2 aromatic rings. The first-order valence-corrected chi connectivity index (χ1v) is 4.93. The van der Waals surface area contributed by atoms with Crippen LogP contribution in [0.4, 0.5) is 0 Å². The summed E-state index contributed by atoms with van der Waals surface area (Å²) in [6, 6.07) is 4.43. The molecule has 2 rings (SSSR count). The van der Waals surface area contributed by atoms with E-state index in [0.29, 0.717) is 5.75 Å². The number of tetrazole rings is 1. The van der Waals surface area contributed by atoms with E-state index in [9.17, 15) is 4.79 Å². The predicted molar refractivity (Wildman–Crippen MR) is 58.8 cm³/mol. The Bertz CT molecular complexity index is 581. The predicted octanol–water partition coefficient (Wildman–Crippen LogP) is 0.709. The van der Waals surface area contributed by atoms with Gasteiger partial charge < -0.3 is 14.6 Å². The van der Waals surface area contributed by atoms with E-state index >= 15 is 0 Å². The van der Waals surface area contributed by atoms with E-state index in [-0.39, 0.29) is 17.3 Å². The van der Waals surface area contributed by atoms with E-state index in [2.05, 4.69) is 15.5 Å². The number of methoxy groups -OCH3 is 1. The zero-order valence-corrected chi connectivity index (χ0v) is 9.69. The van der Waals surface area contributed by atoms with E-state index in [1.165, 1.54) is 30.0 Å². The van der Waals surface area contributed by atoms with Crippen molar-refractivity contribution in [3.8, 4) is 17.5 Å². The summed E-state index contributed by atoms with van der Waals surface area (Å²) in [5.74, 6) is -0.418. The molecule has 8 nitrogen and oxygen atoms in total. The van der Waals surface area contributed by atoms with E-state index < -0.39 is 5.97 Å². The van der Waals surface area contributed by atoms with Crippen LogP contribution in [0.1, 0.15) is 10.4 Å². The van der Waals surface area contributed by atoms with Crippen molar-refractivity contribution in [1.29, 1.82) is 0 Å². The van der Waals surface area contributed by atoms with E-state index in [4.69, 9.17) is 14.6 Å². The normalized spacial score (nSPS) is 10.1. The highest BCUT2D eigenvalue weighted by Crippen LogP contribution is 2.31. The van der Waals surface area contributed by atoms with Crippen molar-refractivity contribution in [2.45, 2.75) is 0 Å². The maximum Gasteiger partial charge on any atom is 0.340 e. The fourth-order valence-electron chi connectivity index (χ4n) is 1.29. The first-order chi connectivity index (χ1) is 8.61. The van der Waals surface area contributed by atoms with Crippen molar-refractivity contribution in [3.05, 3.63) is 23.8 Å². The molecule has 0 spiro atoms. The van der Waals surface area contributed by atoms with Gasteiger partial charge in [0.15, 0.2) is 11.5 Å². The number of carbonyl (C=O) groups is 1. The highest BCUT2D eigenvalue weighted by Gasteiger charge is 2.13. The molecule has 94 valence electrons. The summed E-state index contributed by atoms with van der Waals surface area (Å²) in [5.41, 5.74) is 0.107. The topological polar surface area (TPSA) is 99.4 Å². The highest BCUT2D eigenvalue weighted by atomic mass is 16.5. The second-order valence-corrected chi connectivity index (χ2v) is 3.36. The number of ether oxygens (including phenoxy) is 2. The van der Waals surface area contributed by atoms with Gasteiger partial charge in [0.25, 0.3) is 0 Å². The summed E-state index contributed by atoms with van der Waals surface area (Å²) >= 11 is 0. The lowest BCUT2D eigenvalue weighted by Gasteiger charge is -2.09. The van der Waals surface area contributed by atoms with Gasteiger partial charge in [0.2, 0.25) is 0 Å². The summed E-state index contributed by atoms with van der Waals surface area (Å²) in [5, 5.41) is 19.5. The van der Waals surface area contributed by atoms with Crippen molar-refractivity contribution in [2.75, 3.05) is 7.11 Å². The largest absolute Gasteiger partial charge is 0.493 e. The molecule has 0 bridgehead atoms. The lowest BCUT2D eigenvalue weighted by molar-refractivity contribution is 0.0696. The molecule has 0 unspecified atom stereocenters. The molecule has 1 heterocycles. The van der Waals surface area contributed by atoms with Crippen molar-refractivity contribution in [1.82, 2.24) is 20.2 Å². The van der Waals surface area contributed by atoms with Gasteiger partial charge in [-0.25, -0.2) is 4.79 Å². The van der Waals surface area contributed by atoms with Gasteiger partial charge in [-0.2, -0.15) is 4.68 Å². The number of hydrogen-bond acceptors (Lipinski definition) is 6. The van der Waals surface area contributed by atoms with Gasteiger partial charge in [0, 0.05) is 7.05 Å². The SMILES string of the molecule is COc1cc(C(=O)O)ccc1Oc1nnnn1C. The zero-order chi connectivity index (χ0) is 13.1. The minimum absolute atomic E-state index is 0.107. The molecule has 0 amide bonds. The number of aromatic carboxylic acids is 1. The molecule has 8 heteroatoms. The molecule has 0 saturated carbocycles. The molecule has 18 heavy (non-hydrogen) atoms. The number of nitrogens with zero attached hydrogens (tertiary/aromatic N) is 4. The summed E-state index contributed by atoms with van der Waals surface area (Å²) in [6.45, 7) is 0. The number of hydrogen-bond donors (Lipinski definition) is 1. The Morgan fingerprint density at radius 2 is 2.17 bits per heavy atom. The van der Waals surface area contributed by atoms with Crippen LogP contribution in [0.15, 0.2) is 18.2 Å². The van der Waals surface area contributed by atoms with Crippen molar-refractivity contribution < 1.29 is 19.4 Å². The van der Waals surface area contributed by atoms with Crippen LogP contribution in [0.25, 0.3) is 0 Å². The highest BCUT2D eigenvalue weighted by molar-refractivity contribution is 5.88. The van der Waals surface area contributed by atoms with Gasteiger partial charge in [0.05, 0.1) is 12.7 Å². The third kappa shape index (κ3) is 2.21. The fourth-order valence-corrected chi connectivity index (χ4v) is 1.29. The summed E-state index contributed by atoms with van der Waals surface area (Å²) in [4.78, 5) is 10.8. The molecular weight excluding hydrogens is 240 g/mol. The van der Waals surface area contributed by atoms with E-state index in [1.807, 2.05) is 0 Å². The number of carboxylic acids is 1. The molecule has 0 saturated heterocycles. The average Bonchev–Trinajstić information content (AvgIpc) is 2.75. The van der Waals surface area contributed by atoms with Gasteiger partial charge in [-0.05, 0) is 28.6 Å². The number of aryl methyl sites for hydroxylation is 1. The van der Waals surface area contributed by atoms with Gasteiger partial charge in [-0.15, -0.1) is 0 Å². The third-order valence-electron chi connectivity index (χ3n) is 2.19. The molecule has 0 aliphatic heterocycles. The molecule has 0 aliphatic carbocycles. The standard InChI is InChI=1S/C10H10N4O4/c1-14-10(11-12-13-14)18-7-4-3-6(9(15)16)5-8(7)17-2/h3-5H,1-2H3,(H,15,16). The Hall–Kier alpha value is -2.64. The van der Waals surface area contributed by atoms with Crippen LogP contribution in [0.2, 0.25) is 0 Å². The second kappa shape index (κ2) is 4.70. The van der Waals surface area contributed by atoms with Gasteiger partial charge in [-0.1, -0.05) is 5.10 Å². The molecule has 1 N–H and O–H groups in total. The van der Waals surface area contributed by atoms with Crippen LogP contribution < -0.4 is 9.47 Å². The molecule has 0 radical (unpaired) electrons. The lowest BCUT2D eigenvalue weighted by atomic mass is 10.2. The van der Waals surface area contributed by atoms with Crippen LogP contribution in [-0.4, -0.2) is 38.4 Å². The van der Waals surface area contributed by atoms with E-state index in [1.54, 1.807) is 7.05 Å². The minimum Gasteiger partial charge on any atom is -0.493 e. The van der Waals surface area contributed by atoms with Crippen LogP contribution in [0.3, 0.4) is 0 Å². The fraction of sp³-hybridized carbons (Fsp3) is 0.200. The van der Waals surface area contributed by atoms with Gasteiger partial charge in [-0.3, -0.25) is 0 Å². The number of benzene rings is 1. The van der Waals surface area contributed by atoms with Gasteiger partial charge >= 0.3 is 12.0 Å². The minimum atomic E-state index is -1.04. The quantitative estimate of drug-likeness (QED) is 0.852. The molecular formula is C10H10N4O4. The van der Waals surface area contributed by atoms with Crippen LogP contribution in [-0.2, 0) is 7.05 Å². The summed E-state index contributed by atoms with van der Waals surface area (Å²) in [7, 11) is 3.04. The van der Waals surface area contributed by atoms with Crippen molar-refractivity contribution in [2.24, 2.45) is 7.05 Å². The smallest absolute Gasteiger partial charge is 0.340 e. The monoisotopic (exact) mass is 250 g/mol. The number of carboxylic acid groups (broad SMARTS) is 1. The first-order valence-electron chi connectivity index (χ1n) is 4.93. The van der Waals surface area contributed by atoms with Crippen LogP contribution in [0, 0.1) is 0 Å². The Balaban J connectivity index is 2.33. The third-order valence-corrected chi connectivity index (χ3v) is 2.19. The molecule has 0 aliphatic rings. The molecule has 1 aromatic carbocycles. The number of aromatic nitrogens is 4.